The average Bonchev–Trinajstić information content (AvgIpc) is 2.61. The maximum Gasteiger partial charge on any atom is 0.390 e. The third-order valence-electron chi connectivity index (χ3n) is 2.93. The minimum atomic E-state index is -4.10. The monoisotopic (exact) mass is 295 g/mol. The summed E-state index contributed by atoms with van der Waals surface area (Å²) in [7, 11) is 0. The van der Waals surface area contributed by atoms with Gasteiger partial charge in [-0.3, -0.25) is 0 Å². The minimum Gasteiger partial charge on any atom is -0.307 e. The molecule has 102 valence electrons. The molecule has 0 aromatic carbocycles. The number of nitrogens with one attached hydrogen (secondary N) is 1. The molecule has 0 fully saturated rings. The molecule has 6 heteroatoms. The minimum absolute atomic E-state index is 0.0554. The molecule has 18 heavy (non-hydrogen) atoms. The summed E-state index contributed by atoms with van der Waals surface area (Å²) in [6.07, 6.45) is -3.99. The SMILES string of the molecule is CC(CC(F)(F)F)NC1C[C@H](C)Sc2sccc21. The highest BCUT2D eigenvalue weighted by molar-refractivity contribution is 8.01. The lowest BCUT2D eigenvalue weighted by Gasteiger charge is -2.30. The molecule has 1 aromatic heterocycles. The van der Waals surface area contributed by atoms with Crippen molar-refractivity contribution in [2.45, 2.75) is 54.4 Å². The van der Waals surface area contributed by atoms with E-state index in [1.807, 2.05) is 23.2 Å². The van der Waals surface area contributed by atoms with Crippen molar-refractivity contribution in [2.75, 3.05) is 0 Å². The number of hydrogen-bond acceptors (Lipinski definition) is 3. The van der Waals surface area contributed by atoms with Crippen LogP contribution >= 0.6 is 23.1 Å². The number of halogens is 3. The standard InChI is InChI=1S/C12H16F3NS2/c1-7(6-12(13,14)15)16-10-5-8(2)18-11-9(10)3-4-17-11/h3-4,7-8,10,16H,5-6H2,1-2H3/t7?,8-,10?/m0/s1. The molecule has 0 bridgehead atoms. The van der Waals surface area contributed by atoms with E-state index >= 15 is 0 Å². The highest BCUT2D eigenvalue weighted by atomic mass is 32.2. The topological polar surface area (TPSA) is 12.0 Å². The first-order valence-electron chi connectivity index (χ1n) is 5.92. The zero-order valence-electron chi connectivity index (χ0n) is 10.3. The lowest BCUT2D eigenvalue weighted by molar-refractivity contribution is -0.139. The Kier molecular flexibility index (Phi) is 4.29. The van der Waals surface area contributed by atoms with Crippen LogP contribution in [-0.2, 0) is 0 Å². The summed E-state index contributed by atoms with van der Waals surface area (Å²) >= 11 is 3.49. The molecule has 0 saturated heterocycles. The Balaban J connectivity index is 2.02. The van der Waals surface area contributed by atoms with E-state index in [1.165, 1.54) is 4.21 Å². The molecule has 1 N–H and O–H groups in total. The molecule has 2 heterocycles. The number of alkyl halides is 3. The van der Waals surface area contributed by atoms with Crippen molar-refractivity contribution in [3.05, 3.63) is 17.0 Å². The number of fused-ring (bicyclic) bond motifs is 1. The normalized spacial score (nSPS) is 25.8. The largest absolute Gasteiger partial charge is 0.390 e. The Labute approximate surface area is 113 Å². The van der Waals surface area contributed by atoms with Crippen molar-refractivity contribution in [2.24, 2.45) is 0 Å². The molecule has 0 spiro atoms. The van der Waals surface area contributed by atoms with E-state index in [0.717, 1.165) is 12.0 Å². The molecule has 0 aliphatic carbocycles. The molecule has 1 nitrogen and oxygen atoms in total. The zero-order chi connectivity index (χ0) is 13.3. The van der Waals surface area contributed by atoms with Crippen LogP contribution in [0.15, 0.2) is 15.7 Å². The van der Waals surface area contributed by atoms with Gasteiger partial charge in [0.2, 0.25) is 0 Å². The van der Waals surface area contributed by atoms with Crippen molar-refractivity contribution in [1.29, 1.82) is 0 Å². The van der Waals surface area contributed by atoms with E-state index in [-0.39, 0.29) is 6.04 Å². The van der Waals surface area contributed by atoms with Gasteiger partial charge in [0.05, 0.1) is 10.6 Å². The Morgan fingerprint density at radius 3 is 2.89 bits per heavy atom. The molecule has 0 radical (unpaired) electrons. The predicted octanol–water partition coefficient (Wildman–Crippen LogP) is 4.60. The Bertz CT molecular complexity index is 402. The third-order valence-corrected chi connectivity index (χ3v) is 5.28. The van der Waals surface area contributed by atoms with Gasteiger partial charge in [0, 0.05) is 17.3 Å². The van der Waals surface area contributed by atoms with E-state index in [4.69, 9.17) is 0 Å². The van der Waals surface area contributed by atoms with Gasteiger partial charge in [-0.15, -0.1) is 23.1 Å². The van der Waals surface area contributed by atoms with E-state index in [9.17, 15) is 13.2 Å². The average molecular weight is 295 g/mol. The van der Waals surface area contributed by atoms with Gasteiger partial charge in [-0.25, -0.2) is 0 Å². The van der Waals surface area contributed by atoms with Crippen molar-refractivity contribution in [3.63, 3.8) is 0 Å². The van der Waals surface area contributed by atoms with Crippen molar-refractivity contribution in [3.8, 4) is 0 Å². The fraction of sp³-hybridized carbons (Fsp3) is 0.667. The summed E-state index contributed by atoms with van der Waals surface area (Å²) in [6.45, 7) is 3.72. The van der Waals surface area contributed by atoms with Gasteiger partial charge < -0.3 is 5.32 Å². The summed E-state index contributed by atoms with van der Waals surface area (Å²) < 4.78 is 38.2. The summed E-state index contributed by atoms with van der Waals surface area (Å²) in [5.41, 5.74) is 1.16. The van der Waals surface area contributed by atoms with Gasteiger partial charge in [-0.1, -0.05) is 6.92 Å². The summed E-state index contributed by atoms with van der Waals surface area (Å²) in [5.74, 6) is 0. The van der Waals surface area contributed by atoms with Crippen LogP contribution in [-0.4, -0.2) is 17.5 Å². The Morgan fingerprint density at radius 2 is 2.22 bits per heavy atom. The molecule has 0 amide bonds. The maximum atomic E-state index is 12.3. The van der Waals surface area contributed by atoms with E-state index < -0.39 is 18.6 Å². The molecule has 1 aromatic rings. The maximum absolute atomic E-state index is 12.3. The van der Waals surface area contributed by atoms with Gasteiger partial charge >= 0.3 is 6.18 Å². The van der Waals surface area contributed by atoms with Crippen LogP contribution in [0, 0.1) is 0 Å². The first-order chi connectivity index (χ1) is 8.35. The van der Waals surface area contributed by atoms with Crippen LogP contribution in [0.2, 0.25) is 0 Å². The highest BCUT2D eigenvalue weighted by Gasteiger charge is 2.33. The molecule has 2 rings (SSSR count). The van der Waals surface area contributed by atoms with Crippen LogP contribution in [0.4, 0.5) is 13.2 Å². The van der Waals surface area contributed by atoms with Crippen molar-refractivity contribution >= 4 is 23.1 Å². The molecule has 1 aliphatic rings. The second kappa shape index (κ2) is 5.43. The van der Waals surface area contributed by atoms with Crippen LogP contribution in [0.3, 0.4) is 0 Å². The second-order valence-electron chi connectivity index (χ2n) is 4.77. The number of rotatable bonds is 3. The van der Waals surface area contributed by atoms with Gasteiger partial charge in [-0.2, -0.15) is 13.2 Å². The quantitative estimate of drug-likeness (QED) is 0.874. The van der Waals surface area contributed by atoms with Gasteiger partial charge in [0.15, 0.2) is 0 Å². The molecular weight excluding hydrogens is 279 g/mol. The van der Waals surface area contributed by atoms with Crippen LogP contribution in [0.5, 0.6) is 0 Å². The molecule has 1 aliphatic heterocycles. The van der Waals surface area contributed by atoms with Crippen molar-refractivity contribution < 1.29 is 13.2 Å². The smallest absolute Gasteiger partial charge is 0.307 e. The molecule has 2 unspecified atom stereocenters. The van der Waals surface area contributed by atoms with Gasteiger partial charge in [0.25, 0.3) is 0 Å². The lowest BCUT2D eigenvalue weighted by Crippen LogP contribution is -2.36. The van der Waals surface area contributed by atoms with E-state index in [2.05, 4.69) is 12.2 Å². The van der Waals surface area contributed by atoms with Crippen LogP contribution < -0.4 is 5.32 Å². The zero-order valence-corrected chi connectivity index (χ0v) is 11.9. The molecule has 0 saturated carbocycles. The molecule has 3 atom stereocenters. The summed E-state index contributed by atoms with van der Waals surface area (Å²) in [5, 5.41) is 5.58. The van der Waals surface area contributed by atoms with E-state index in [1.54, 1.807) is 18.3 Å². The lowest BCUT2D eigenvalue weighted by atomic mass is 10.0. The van der Waals surface area contributed by atoms with E-state index in [0.29, 0.717) is 5.25 Å². The first kappa shape index (κ1) is 14.2. The highest BCUT2D eigenvalue weighted by Crippen LogP contribution is 2.44. The summed E-state index contributed by atoms with van der Waals surface area (Å²) in [4.78, 5) is 0. The Morgan fingerprint density at radius 1 is 1.50 bits per heavy atom. The predicted molar refractivity (Wildman–Crippen MR) is 70.3 cm³/mol. The number of hydrogen-bond donors (Lipinski definition) is 1. The first-order valence-corrected chi connectivity index (χ1v) is 7.68. The number of thioether (sulfide) groups is 1. The van der Waals surface area contributed by atoms with Gasteiger partial charge in [0.1, 0.15) is 0 Å². The molecular formula is C12H16F3NS2. The third kappa shape index (κ3) is 3.65. The van der Waals surface area contributed by atoms with Crippen LogP contribution in [0.1, 0.15) is 38.3 Å². The van der Waals surface area contributed by atoms with Gasteiger partial charge in [-0.05, 0) is 30.4 Å². The fourth-order valence-corrected chi connectivity index (χ4v) is 4.82. The second-order valence-corrected chi connectivity index (χ2v) is 7.39. The van der Waals surface area contributed by atoms with Crippen molar-refractivity contribution in [1.82, 2.24) is 5.32 Å². The Hall–Kier alpha value is -0.200. The number of thiophene rings is 1. The van der Waals surface area contributed by atoms with Crippen LogP contribution in [0.25, 0.3) is 0 Å². The summed E-state index contributed by atoms with van der Waals surface area (Å²) in [6, 6.07) is 1.54. The fourth-order valence-electron chi connectivity index (χ4n) is 2.26.